The lowest BCUT2D eigenvalue weighted by molar-refractivity contribution is -0.119. The Morgan fingerprint density at radius 3 is 2.65 bits per heavy atom. The monoisotopic (exact) mass is 372 g/mol. The van der Waals surface area contributed by atoms with Gasteiger partial charge in [-0.25, -0.2) is 0 Å². The molecule has 0 bridgehead atoms. The summed E-state index contributed by atoms with van der Waals surface area (Å²) < 4.78 is 0. The van der Waals surface area contributed by atoms with E-state index in [9.17, 15) is 9.59 Å². The van der Waals surface area contributed by atoms with Crippen LogP contribution in [0, 0.1) is 0 Å². The normalized spacial score (nSPS) is 14.1. The number of hydrogen-bond donors (Lipinski definition) is 3. The fourth-order valence-electron chi connectivity index (χ4n) is 3.08. The van der Waals surface area contributed by atoms with Gasteiger partial charge in [-0.2, -0.15) is 0 Å². The number of benzene rings is 1. The molecule has 26 heavy (non-hydrogen) atoms. The molecule has 0 spiro atoms. The SMILES string of the molecule is NC(=O)c1cc(N2CCCCC2)ccc1NCC(=O)NCc1cccs1. The Hall–Kier alpha value is -2.54. The number of nitrogens with one attached hydrogen (secondary N) is 2. The quantitative estimate of drug-likeness (QED) is 0.697. The Bertz CT molecular complexity index is 755. The van der Waals surface area contributed by atoms with Crippen molar-refractivity contribution in [3.8, 4) is 0 Å². The van der Waals surface area contributed by atoms with Crippen molar-refractivity contribution < 1.29 is 9.59 Å². The van der Waals surface area contributed by atoms with Crippen molar-refractivity contribution in [1.29, 1.82) is 0 Å². The van der Waals surface area contributed by atoms with Crippen LogP contribution in [0.1, 0.15) is 34.5 Å². The van der Waals surface area contributed by atoms with Crippen molar-refractivity contribution in [2.45, 2.75) is 25.8 Å². The van der Waals surface area contributed by atoms with Crippen LogP contribution in [0.5, 0.6) is 0 Å². The number of carbonyl (C=O) groups excluding carboxylic acids is 2. The molecule has 2 aromatic rings. The number of carbonyl (C=O) groups is 2. The Kier molecular flexibility index (Phi) is 6.12. The molecule has 0 radical (unpaired) electrons. The Labute approximate surface area is 157 Å². The second-order valence-electron chi connectivity index (χ2n) is 6.35. The zero-order valence-electron chi connectivity index (χ0n) is 14.7. The number of piperidine rings is 1. The highest BCUT2D eigenvalue weighted by molar-refractivity contribution is 7.09. The lowest BCUT2D eigenvalue weighted by Crippen LogP contribution is -2.31. The predicted octanol–water partition coefficient (Wildman–Crippen LogP) is 2.57. The van der Waals surface area contributed by atoms with Crippen molar-refractivity contribution in [3.05, 3.63) is 46.2 Å². The van der Waals surface area contributed by atoms with Crippen LogP contribution in [0.4, 0.5) is 11.4 Å². The third-order valence-electron chi connectivity index (χ3n) is 4.47. The first kappa shape index (κ1) is 18.3. The number of nitrogens with zero attached hydrogens (tertiary/aromatic N) is 1. The molecule has 1 aromatic carbocycles. The van der Waals surface area contributed by atoms with Gasteiger partial charge in [0.25, 0.3) is 5.91 Å². The van der Waals surface area contributed by atoms with E-state index in [1.165, 1.54) is 6.42 Å². The Morgan fingerprint density at radius 1 is 1.15 bits per heavy atom. The van der Waals surface area contributed by atoms with E-state index in [2.05, 4.69) is 15.5 Å². The van der Waals surface area contributed by atoms with E-state index in [4.69, 9.17) is 5.73 Å². The summed E-state index contributed by atoms with van der Waals surface area (Å²) in [7, 11) is 0. The van der Waals surface area contributed by atoms with Crippen molar-refractivity contribution in [3.63, 3.8) is 0 Å². The van der Waals surface area contributed by atoms with E-state index in [0.717, 1.165) is 36.5 Å². The van der Waals surface area contributed by atoms with Crippen molar-refractivity contribution in [2.75, 3.05) is 29.9 Å². The van der Waals surface area contributed by atoms with Gasteiger partial charge in [0.1, 0.15) is 0 Å². The summed E-state index contributed by atoms with van der Waals surface area (Å²) in [6.07, 6.45) is 3.58. The summed E-state index contributed by atoms with van der Waals surface area (Å²) >= 11 is 1.60. The maximum Gasteiger partial charge on any atom is 0.250 e. The van der Waals surface area contributed by atoms with E-state index in [-0.39, 0.29) is 12.5 Å². The molecule has 1 aliphatic rings. The molecule has 1 aliphatic heterocycles. The van der Waals surface area contributed by atoms with Crippen LogP contribution in [-0.4, -0.2) is 31.4 Å². The minimum absolute atomic E-state index is 0.0920. The van der Waals surface area contributed by atoms with Gasteiger partial charge in [0, 0.05) is 29.3 Å². The van der Waals surface area contributed by atoms with Crippen LogP contribution in [0.15, 0.2) is 35.7 Å². The van der Waals surface area contributed by atoms with Crippen molar-refractivity contribution in [1.82, 2.24) is 5.32 Å². The average molecular weight is 372 g/mol. The molecule has 0 aliphatic carbocycles. The molecule has 3 rings (SSSR count). The third-order valence-corrected chi connectivity index (χ3v) is 5.35. The fourth-order valence-corrected chi connectivity index (χ4v) is 3.72. The molecular weight excluding hydrogens is 348 g/mol. The second-order valence-corrected chi connectivity index (χ2v) is 7.38. The zero-order valence-corrected chi connectivity index (χ0v) is 15.5. The van der Waals surface area contributed by atoms with Crippen molar-refractivity contribution >= 4 is 34.5 Å². The van der Waals surface area contributed by atoms with Gasteiger partial charge in [-0.05, 0) is 48.9 Å². The summed E-state index contributed by atoms with van der Waals surface area (Å²) in [6.45, 7) is 2.59. The van der Waals surface area contributed by atoms with E-state index < -0.39 is 5.91 Å². The van der Waals surface area contributed by atoms with Gasteiger partial charge in [0.05, 0.1) is 18.7 Å². The molecule has 1 saturated heterocycles. The molecular formula is C19H24N4O2S. The van der Waals surface area contributed by atoms with E-state index >= 15 is 0 Å². The van der Waals surface area contributed by atoms with Gasteiger partial charge in [-0.15, -0.1) is 11.3 Å². The van der Waals surface area contributed by atoms with Gasteiger partial charge in [-0.3, -0.25) is 9.59 Å². The number of nitrogens with two attached hydrogens (primary N) is 1. The lowest BCUT2D eigenvalue weighted by Gasteiger charge is -2.29. The maximum atomic E-state index is 12.0. The van der Waals surface area contributed by atoms with Gasteiger partial charge >= 0.3 is 0 Å². The van der Waals surface area contributed by atoms with Crippen LogP contribution in [0.3, 0.4) is 0 Å². The molecule has 1 aromatic heterocycles. The van der Waals surface area contributed by atoms with Gasteiger partial charge in [0.2, 0.25) is 5.91 Å². The number of rotatable bonds is 7. The van der Waals surface area contributed by atoms with Crippen LogP contribution in [0.25, 0.3) is 0 Å². The molecule has 1 fully saturated rings. The first-order chi connectivity index (χ1) is 12.6. The number of primary amides is 1. The number of amides is 2. The van der Waals surface area contributed by atoms with Crippen LogP contribution < -0.4 is 21.3 Å². The summed E-state index contributed by atoms with van der Waals surface area (Å²) in [6, 6.07) is 9.55. The summed E-state index contributed by atoms with van der Waals surface area (Å²) in [5.41, 5.74) is 7.55. The van der Waals surface area contributed by atoms with Crippen LogP contribution >= 0.6 is 11.3 Å². The largest absolute Gasteiger partial charge is 0.376 e. The van der Waals surface area contributed by atoms with E-state index in [1.54, 1.807) is 11.3 Å². The standard InChI is InChI=1S/C19H24N4O2S/c20-19(25)16-11-14(23-8-2-1-3-9-23)6-7-17(16)21-13-18(24)22-12-15-5-4-10-26-15/h4-7,10-11,21H,1-3,8-9,12-13H2,(H2,20,25)(H,22,24). The van der Waals surface area contributed by atoms with Crippen LogP contribution in [0.2, 0.25) is 0 Å². The highest BCUT2D eigenvalue weighted by Gasteiger charge is 2.15. The lowest BCUT2D eigenvalue weighted by atomic mass is 10.1. The van der Waals surface area contributed by atoms with E-state index in [1.807, 2.05) is 35.7 Å². The molecule has 0 unspecified atom stereocenters. The molecule has 6 nitrogen and oxygen atoms in total. The van der Waals surface area contributed by atoms with Gasteiger partial charge in [0.15, 0.2) is 0 Å². The summed E-state index contributed by atoms with van der Waals surface area (Å²) in [4.78, 5) is 27.2. The average Bonchev–Trinajstić information content (AvgIpc) is 3.19. The maximum absolute atomic E-state index is 12.0. The van der Waals surface area contributed by atoms with Crippen molar-refractivity contribution in [2.24, 2.45) is 5.73 Å². The second kappa shape index (κ2) is 8.71. The number of anilines is 2. The Balaban J connectivity index is 1.61. The van der Waals surface area contributed by atoms with Gasteiger partial charge < -0.3 is 21.3 Å². The van der Waals surface area contributed by atoms with E-state index in [0.29, 0.717) is 17.8 Å². The molecule has 2 heterocycles. The first-order valence-electron chi connectivity index (χ1n) is 8.85. The number of hydrogen-bond acceptors (Lipinski definition) is 5. The summed E-state index contributed by atoms with van der Waals surface area (Å²) in [5, 5.41) is 7.85. The molecule has 4 N–H and O–H groups in total. The zero-order chi connectivity index (χ0) is 18.4. The van der Waals surface area contributed by atoms with Gasteiger partial charge in [-0.1, -0.05) is 6.07 Å². The predicted molar refractivity (Wildman–Crippen MR) is 106 cm³/mol. The highest BCUT2D eigenvalue weighted by Crippen LogP contribution is 2.25. The molecule has 138 valence electrons. The first-order valence-corrected chi connectivity index (χ1v) is 9.73. The molecule has 0 atom stereocenters. The third kappa shape index (κ3) is 4.76. The topological polar surface area (TPSA) is 87.5 Å². The highest BCUT2D eigenvalue weighted by atomic mass is 32.1. The Morgan fingerprint density at radius 2 is 1.96 bits per heavy atom. The number of thiophene rings is 1. The molecule has 2 amide bonds. The van der Waals surface area contributed by atoms with Crippen LogP contribution in [-0.2, 0) is 11.3 Å². The molecule has 7 heteroatoms. The minimum Gasteiger partial charge on any atom is -0.376 e. The minimum atomic E-state index is -0.495. The fraction of sp³-hybridized carbons (Fsp3) is 0.368. The smallest absolute Gasteiger partial charge is 0.250 e. The molecule has 0 saturated carbocycles. The summed E-state index contributed by atoms with van der Waals surface area (Å²) in [5.74, 6) is -0.626.